The molecule has 0 saturated carbocycles. The lowest BCUT2D eigenvalue weighted by Gasteiger charge is -2.20. The van der Waals surface area contributed by atoms with Gasteiger partial charge < -0.3 is 15.0 Å². The molecule has 0 aromatic rings. The summed E-state index contributed by atoms with van der Waals surface area (Å²) in [5.41, 5.74) is 0. The van der Waals surface area contributed by atoms with Crippen LogP contribution in [-0.4, -0.2) is 50.3 Å². The molecule has 0 aromatic heterocycles. The molecule has 0 unspecified atom stereocenters. The highest BCUT2D eigenvalue weighted by atomic mass is 16.5. The third-order valence-electron chi connectivity index (χ3n) is 2.66. The van der Waals surface area contributed by atoms with E-state index in [1.807, 2.05) is 6.92 Å². The SMILES string of the molecule is CCOCCN(CC)CCCCNC(C)C. The lowest BCUT2D eigenvalue weighted by Crippen LogP contribution is -2.29. The topological polar surface area (TPSA) is 24.5 Å². The summed E-state index contributed by atoms with van der Waals surface area (Å²) in [6.07, 6.45) is 2.54. The summed E-state index contributed by atoms with van der Waals surface area (Å²) >= 11 is 0. The third-order valence-corrected chi connectivity index (χ3v) is 2.66. The molecule has 0 rings (SSSR count). The van der Waals surface area contributed by atoms with E-state index in [1.165, 1.54) is 19.4 Å². The fraction of sp³-hybridized carbons (Fsp3) is 1.00. The first-order chi connectivity index (χ1) is 7.70. The molecule has 0 spiro atoms. The quantitative estimate of drug-likeness (QED) is 0.550. The van der Waals surface area contributed by atoms with Gasteiger partial charge in [0, 0.05) is 19.2 Å². The van der Waals surface area contributed by atoms with Crippen LogP contribution in [0.15, 0.2) is 0 Å². The Morgan fingerprint density at radius 1 is 1.12 bits per heavy atom. The van der Waals surface area contributed by atoms with Crippen LogP contribution in [-0.2, 0) is 4.74 Å². The zero-order chi connectivity index (χ0) is 12.2. The Morgan fingerprint density at radius 2 is 1.88 bits per heavy atom. The van der Waals surface area contributed by atoms with Crippen LogP contribution < -0.4 is 5.32 Å². The molecule has 3 nitrogen and oxygen atoms in total. The van der Waals surface area contributed by atoms with Crippen molar-refractivity contribution >= 4 is 0 Å². The molecule has 3 heteroatoms. The highest BCUT2D eigenvalue weighted by molar-refractivity contribution is 4.58. The Hall–Kier alpha value is -0.120. The molecule has 16 heavy (non-hydrogen) atoms. The van der Waals surface area contributed by atoms with E-state index in [0.717, 1.165) is 32.8 Å². The number of nitrogens with zero attached hydrogens (tertiary/aromatic N) is 1. The minimum atomic E-state index is 0.611. The number of ether oxygens (including phenoxy) is 1. The summed E-state index contributed by atoms with van der Waals surface area (Å²) in [6, 6.07) is 0.611. The van der Waals surface area contributed by atoms with E-state index in [9.17, 15) is 0 Å². The van der Waals surface area contributed by atoms with Gasteiger partial charge >= 0.3 is 0 Å². The van der Waals surface area contributed by atoms with E-state index in [2.05, 4.69) is 31.0 Å². The summed E-state index contributed by atoms with van der Waals surface area (Å²) < 4.78 is 5.37. The van der Waals surface area contributed by atoms with Crippen molar-refractivity contribution < 1.29 is 4.74 Å². The van der Waals surface area contributed by atoms with Gasteiger partial charge in [0.05, 0.1) is 6.61 Å². The number of hydrogen-bond donors (Lipinski definition) is 1. The zero-order valence-electron chi connectivity index (χ0n) is 11.6. The Morgan fingerprint density at radius 3 is 2.44 bits per heavy atom. The first-order valence-electron chi connectivity index (χ1n) is 6.74. The maximum Gasteiger partial charge on any atom is 0.0593 e. The van der Waals surface area contributed by atoms with Gasteiger partial charge in [-0.3, -0.25) is 0 Å². The standard InChI is InChI=1S/C13H30N2O/c1-5-15(11-12-16-6-2)10-8-7-9-14-13(3)4/h13-14H,5-12H2,1-4H3. The Labute approximate surface area is 102 Å². The third kappa shape index (κ3) is 10.4. The van der Waals surface area contributed by atoms with Crippen molar-refractivity contribution in [1.29, 1.82) is 0 Å². The van der Waals surface area contributed by atoms with Crippen molar-refractivity contribution in [3.8, 4) is 0 Å². The number of unbranched alkanes of at least 4 members (excludes halogenated alkanes) is 1. The van der Waals surface area contributed by atoms with Gasteiger partial charge in [-0.2, -0.15) is 0 Å². The molecular formula is C13H30N2O. The summed E-state index contributed by atoms with van der Waals surface area (Å²) in [4.78, 5) is 2.46. The molecule has 0 fully saturated rings. The number of rotatable bonds is 11. The van der Waals surface area contributed by atoms with Crippen LogP contribution >= 0.6 is 0 Å². The van der Waals surface area contributed by atoms with Crippen molar-refractivity contribution in [1.82, 2.24) is 10.2 Å². The van der Waals surface area contributed by atoms with E-state index in [0.29, 0.717) is 6.04 Å². The Kier molecular flexibility index (Phi) is 11.3. The molecule has 0 radical (unpaired) electrons. The second-order valence-corrected chi connectivity index (χ2v) is 4.45. The van der Waals surface area contributed by atoms with Crippen LogP contribution in [0.4, 0.5) is 0 Å². The fourth-order valence-electron chi connectivity index (χ4n) is 1.62. The van der Waals surface area contributed by atoms with Crippen LogP contribution in [0.25, 0.3) is 0 Å². The molecular weight excluding hydrogens is 200 g/mol. The van der Waals surface area contributed by atoms with Gasteiger partial charge in [-0.15, -0.1) is 0 Å². The van der Waals surface area contributed by atoms with Crippen LogP contribution in [0, 0.1) is 0 Å². The van der Waals surface area contributed by atoms with Gasteiger partial charge in [0.2, 0.25) is 0 Å². The molecule has 0 aliphatic heterocycles. The fourth-order valence-corrected chi connectivity index (χ4v) is 1.62. The molecule has 0 heterocycles. The zero-order valence-corrected chi connectivity index (χ0v) is 11.6. The number of hydrogen-bond acceptors (Lipinski definition) is 3. The molecule has 98 valence electrons. The largest absolute Gasteiger partial charge is 0.380 e. The summed E-state index contributed by atoms with van der Waals surface area (Å²) in [7, 11) is 0. The van der Waals surface area contributed by atoms with Crippen LogP contribution in [0.5, 0.6) is 0 Å². The predicted molar refractivity (Wildman–Crippen MR) is 71.0 cm³/mol. The number of nitrogens with one attached hydrogen (secondary N) is 1. The second-order valence-electron chi connectivity index (χ2n) is 4.45. The molecule has 0 bridgehead atoms. The molecule has 0 aliphatic rings. The Bertz CT molecular complexity index is 140. The maximum absolute atomic E-state index is 5.37. The summed E-state index contributed by atoms with van der Waals surface area (Å²) in [6.45, 7) is 14.9. The van der Waals surface area contributed by atoms with E-state index in [1.54, 1.807) is 0 Å². The van der Waals surface area contributed by atoms with Crippen molar-refractivity contribution in [2.24, 2.45) is 0 Å². The normalized spacial score (nSPS) is 11.6. The van der Waals surface area contributed by atoms with E-state index in [-0.39, 0.29) is 0 Å². The van der Waals surface area contributed by atoms with Crippen molar-refractivity contribution in [2.75, 3.05) is 39.4 Å². The van der Waals surface area contributed by atoms with Crippen LogP contribution in [0.1, 0.15) is 40.5 Å². The van der Waals surface area contributed by atoms with E-state index < -0.39 is 0 Å². The first kappa shape index (κ1) is 15.9. The van der Waals surface area contributed by atoms with Gasteiger partial charge in [0.15, 0.2) is 0 Å². The van der Waals surface area contributed by atoms with E-state index >= 15 is 0 Å². The van der Waals surface area contributed by atoms with Crippen molar-refractivity contribution in [2.45, 2.75) is 46.6 Å². The highest BCUT2D eigenvalue weighted by Gasteiger charge is 2.01. The van der Waals surface area contributed by atoms with Gasteiger partial charge in [-0.25, -0.2) is 0 Å². The number of likely N-dealkylation sites (N-methyl/N-ethyl adjacent to an activating group) is 1. The molecule has 0 aliphatic carbocycles. The lowest BCUT2D eigenvalue weighted by molar-refractivity contribution is 0.114. The van der Waals surface area contributed by atoms with Crippen molar-refractivity contribution in [3.63, 3.8) is 0 Å². The summed E-state index contributed by atoms with van der Waals surface area (Å²) in [5.74, 6) is 0. The van der Waals surface area contributed by atoms with E-state index in [4.69, 9.17) is 4.74 Å². The molecule has 0 aromatic carbocycles. The molecule has 0 atom stereocenters. The minimum Gasteiger partial charge on any atom is -0.380 e. The first-order valence-corrected chi connectivity index (χ1v) is 6.74. The van der Waals surface area contributed by atoms with Crippen molar-refractivity contribution in [3.05, 3.63) is 0 Å². The van der Waals surface area contributed by atoms with Gasteiger partial charge in [-0.05, 0) is 39.4 Å². The van der Waals surface area contributed by atoms with Crippen LogP contribution in [0.3, 0.4) is 0 Å². The Balaban J connectivity index is 3.33. The predicted octanol–water partition coefficient (Wildman–Crippen LogP) is 2.12. The average Bonchev–Trinajstić information content (AvgIpc) is 2.26. The van der Waals surface area contributed by atoms with Crippen LogP contribution in [0.2, 0.25) is 0 Å². The monoisotopic (exact) mass is 230 g/mol. The van der Waals surface area contributed by atoms with Gasteiger partial charge in [0.1, 0.15) is 0 Å². The highest BCUT2D eigenvalue weighted by Crippen LogP contribution is 1.95. The second kappa shape index (κ2) is 11.4. The molecule has 1 N–H and O–H groups in total. The van der Waals surface area contributed by atoms with Gasteiger partial charge in [-0.1, -0.05) is 20.8 Å². The minimum absolute atomic E-state index is 0.611. The molecule has 0 amide bonds. The molecule has 0 saturated heterocycles. The average molecular weight is 230 g/mol. The van der Waals surface area contributed by atoms with Gasteiger partial charge in [0.25, 0.3) is 0 Å². The maximum atomic E-state index is 5.37. The smallest absolute Gasteiger partial charge is 0.0593 e. The lowest BCUT2D eigenvalue weighted by atomic mass is 10.2. The summed E-state index contributed by atoms with van der Waals surface area (Å²) in [5, 5.41) is 3.45.